The number of alkyl halides is 3. The predicted octanol–water partition coefficient (Wildman–Crippen LogP) is 1.73. The van der Waals surface area contributed by atoms with Crippen LogP contribution in [0.5, 0.6) is 0 Å². The van der Waals surface area contributed by atoms with Crippen molar-refractivity contribution in [1.82, 2.24) is 9.21 Å². The minimum absolute atomic E-state index is 0. The average molecular weight is 446 g/mol. The smallest absolute Gasteiger partial charge is 0.427 e. The number of likely N-dealkylation sites (tertiary alicyclic amines) is 1. The van der Waals surface area contributed by atoms with Crippen LogP contribution in [0.15, 0.2) is 0 Å². The van der Waals surface area contributed by atoms with E-state index in [1.165, 1.54) is 4.31 Å². The Morgan fingerprint density at radius 3 is 2.41 bits per heavy atom. The average Bonchev–Trinajstić information content (AvgIpc) is 3.42. The molecule has 2 saturated heterocycles. The third-order valence-electron chi connectivity index (χ3n) is 5.76. The fraction of sp³-hybridized carbons (Fsp3) is 0.941. The Morgan fingerprint density at radius 2 is 1.93 bits per heavy atom. The van der Waals surface area contributed by atoms with Crippen molar-refractivity contribution in [1.29, 1.82) is 0 Å². The van der Waals surface area contributed by atoms with Gasteiger partial charge in [0, 0.05) is 20.1 Å². The Balaban J connectivity index is 0.00000300. The number of sulfonamides is 1. The zero-order valence-corrected chi connectivity index (χ0v) is 16.3. The summed E-state index contributed by atoms with van der Waals surface area (Å²) in [6.45, 7) is -0.797. The summed E-state index contributed by atoms with van der Waals surface area (Å²) < 4.78 is 74.3. The van der Waals surface area contributed by atoms with E-state index in [4.69, 9.17) is 9.84 Å². The lowest BCUT2D eigenvalue weighted by atomic mass is 9.87. The van der Waals surface area contributed by atoms with Gasteiger partial charge in [-0.1, -0.05) is 7.43 Å². The number of nitrogens with zero attached hydrogens (tertiary/aromatic N) is 2. The maximum Gasteiger partial charge on any atom is 0.427 e. The van der Waals surface area contributed by atoms with Crippen molar-refractivity contribution in [3.63, 3.8) is 0 Å². The molecular weight excluding hydrogens is 417 g/mol. The lowest BCUT2D eigenvalue weighted by molar-refractivity contribution is -0.215. The lowest BCUT2D eigenvalue weighted by Crippen LogP contribution is -2.49. The number of likely N-dealkylation sites (N-methyl/N-ethyl adjacent to an activating group) is 1. The minimum Gasteiger partial charge on any atom is -0.434 e. The zero-order valence-electron chi connectivity index (χ0n) is 15.5. The van der Waals surface area contributed by atoms with Gasteiger partial charge in [0.05, 0.1) is 30.1 Å². The summed E-state index contributed by atoms with van der Waals surface area (Å²) in [6.07, 6.45) is -5.92. The van der Waals surface area contributed by atoms with Crippen LogP contribution in [0.25, 0.3) is 0 Å². The van der Waals surface area contributed by atoms with Gasteiger partial charge in [-0.05, 0) is 32.1 Å². The summed E-state index contributed by atoms with van der Waals surface area (Å²) in [7, 11) is -1.77. The van der Waals surface area contributed by atoms with Crippen molar-refractivity contribution < 1.29 is 41.0 Å². The third-order valence-corrected chi connectivity index (χ3v) is 8.17. The molecule has 0 bridgehead atoms. The molecule has 0 aromatic rings. The van der Waals surface area contributed by atoms with Gasteiger partial charge in [-0.15, -0.1) is 0 Å². The van der Waals surface area contributed by atoms with Gasteiger partial charge in [0.2, 0.25) is 16.1 Å². The number of aliphatic hydroxyl groups is 1. The predicted molar refractivity (Wildman–Crippen MR) is 97.7 cm³/mol. The number of hydrogen-bond acceptors (Lipinski definition) is 6. The van der Waals surface area contributed by atoms with Gasteiger partial charge in [0.1, 0.15) is 0 Å². The third kappa shape index (κ3) is 5.15. The van der Waals surface area contributed by atoms with E-state index in [9.17, 15) is 26.4 Å². The second-order valence-corrected chi connectivity index (χ2v) is 9.97. The quantitative estimate of drug-likeness (QED) is 0.691. The van der Waals surface area contributed by atoms with Crippen LogP contribution in [0, 0.1) is 0 Å². The molecule has 12 heteroatoms. The second-order valence-electron chi connectivity index (χ2n) is 7.70. The first-order valence-electron chi connectivity index (χ1n) is 9.22. The summed E-state index contributed by atoms with van der Waals surface area (Å²) in [5, 5.41) is 8.47. The van der Waals surface area contributed by atoms with E-state index in [1.54, 1.807) is 7.05 Å². The molecule has 1 spiro atoms. The molecule has 2 heterocycles. The van der Waals surface area contributed by atoms with E-state index in [1.807, 2.05) is 0 Å². The van der Waals surface area contributed by atoms with E-state index in [2.05, 4.69) is 4.74 Å². The Bertz CT molecular complexity index is 690. The molecule has 0 aromatic heterocycles. The van der Waals surface area contributed by atoms with Gasteiger partial charge in [-0.3, -0.25) is 0 Å². The van der Waals surface area contributed by atoms with Gasteiger partial charge < -0.3 is 19.5 Å². The minimum atomic E-state index is -4.83. The molecular formula is C17H29F3N2O6S. The second kappa shape index (κ2) is 8.56. The van der Waals surface area contributed by atoms with Crippen LogP contribution in [0.2, 0.25) is 0 Å². The molecule has 8 nitrogen and oxygen atoms in total. The van der Waals surface area contributed by atoms with E-state index < -0.39 is 40.6 Å². The highest BCUT2D eigenvalue weighted by Crippen LogP contribution is 2.40. The molecule has 3 fully saturated rings. The summed E-state index contributed by atoms with van der Waals surface area (Å²) >= 11 is 0. The standard InChI is InChI=1S/C16H25F3N2O6S.CH4/c1-20(28(24,25)12-2-3-12)11-8-15(26-10-11)4-6-21(7-5-15)14(23)27-13(9-22)16(17,18)19;/h11-13,22H,2-10H2,1H3;1H4/t11-,13-;/m1./s1. The zero-order chi connectivity index (χ0) is 20.7. The first-order valence-corrected chi connectivity index (χ1v) is 10.7. The van der Waals surface area contributed by atoms with E-state index >= 15 is 0 Å². The number of aliphatic hydroxyl groups excluding tert-OH is 1. The molecule has 3 rings (SSSR count). The number of amides is 1. The monoisotopic (exact) mass is 446 g/mol. The van der Waals surface area contributed by atoms with Crippen LogP contribution in [0.1, 0.15) is 39.5 Å². The fourth-order valence-electron chi connectivity index (χ4n) is 3.71. The summed E-state index contributed by atoms with van der Waals surface area (Å²) in [5.74, 6) is 0. The number of rotatable bonds is 5. The fourth-order valence-corrected chi connectivity index (χ4v) is 5.46. The molecule has 0 unspecified atom stereocenters. The molecule has 2 atom stereocenters. The largest absolute Gasteiger partial charge is 0.434 e. The van der Waals surface area contributed by atoms with Crippen molar-refractivity contribution >= 4 is 16.1 Å². The molecule has 1 saturated carbocycles. The Kier molecular flexibility index (Phi) is 7.13. The molecule has 0 radical (unpaired) electrons. The van der Waals surface area contributed by atoms with Crippen LogP contribution in [0.4, 0.5) is 18.0 Å². The Labute approximate surface area is 169 Å². The van der Waals surface area contributed by atoms with Crippen LogP contribution >= 0.6 is 0 Å². The van der Waals surface area contributed by atoms with Gasteiger partial charge in [0.25, 0.3) is 0 Å². The van der Waals surface area contributed by atoms with Gasteiger partial charge in [-0.2, -0.15) is 17.5 Å². The summed E-state index contributed by atoms with van der Waals surface area (Å²) in [6, 6.07) is -0.284. The van der Waals surface area contributed by atoms with Crippen molar-refractivity contribution in [2.75, 3.05) is 33.4 Å². The number of carbonyl (C=O) groups excluding carboxylic acids is 1. The molecule has 0 aromatic carbocycles. The lowest BCUT2D eigenvalue weighted by Gasteiger charge is -2.38. The van der Waals surface area contributed by atoms with Crippen molar-refractivity contribution in [3.05, 3.63) is 0 Å². The maximum absolute atomic E-state index is 12.6. The first-order chi connectivity index (χ1) is 13.0. The van der Waals surface area contributed by atoms with Crippen LogP contribution in [-0.4, -0.2) is 91.3 Å². The highest BCUT2D eigenvalue weighted by atomic mass is 32.2. The molecule has 1 aliphatic carbocycles. The Hall–Kier alpha value is -1.11. The SMILES string of the molecule is C.CN([C@H]1COC2(CCN(C(=O)O[C@H](CO)C(F)(F)F)CC2)C1)S(=O)(=O)C1CC1. The highest BCUT2D eigenvalue weighted by molar-refractivity contribution is 7.90. The van der Waals surface area contributed by atoms with Crippen molar-refractivity contribution in [3.8, 4) is 0 Å². The highest BCUT2D eigenvalue weighted by Gasteiger charge is 2.49. The van der Waals surface area contributed by atoms with Crippen LogP contribution < -0.4 is 0 Å². The number of carbonyl (C=O) groups is 1. The molecule has 2 aliphatic heterocycles. The molecule has 1 N–H and O–H groups in total. The normalized spacial score (nSPS) is 25.7. The molecule has 3 aliphatic rings. The van der Waals surface area contributed by atoms with Gasteiger partial charge >= 0.3 is 12.3 Å². The molecule has 170 valence electrons. The topological polar surface area (TPSA) is 96.4 Å². The first kappa shape index (κ1) is 24.2. The molecule has 29 heavy (non-hydrogen) atoms. The number of halogens is 3. The summed E-state index contributed by atoms with van der Waals surface area (Å²) in [4.78, 5) is 13.1. The van der Waals surface area contributed by atoms with E-state index in [0.717, 1.165) is 4.90 Å². The number of hydrogen-bond donors (Lipinski definition) is 1. The maximum atomic E-state index is 12.6. The van der Waals surface area contributed by atoms with E-state index in [0.29, 0.717) is 32.1 Å². The van der Waals surface area contributed by atoms with Crippen molar-refractivity contribution in [2.45, 2.75) is 68.7 Å². The number of piperidine rings is 1. The van der Waals surface area contributed by atoms with Gasteiger partial charge in [0.15, 0.2) is 0 Å². The Morgan fingerprint density at radius 1 is 1.34 bits per heavy atom. The molecule has 1 amide bonds. The van der Waals surface area contributed by atoms with Crippen LogP contribution in [-0.2, 0) is 19.5 Å². The number of ether oxygens (including phenoxy) is 2. The van der Waals surface area contributed by atoms with Crippen molar-refractivity contribution in [2.24, 2.45) is 0 Å². The summed E-state index contributed by atoms with van der Waals surface area (Å²) in [5.41, 5.74) is -0.588. The van der Waals surface area contributed by atoms with E-state index in [-0.39, 0.29) is 38.4 Å². The van der Waals surface area contributed by atoms with Crippen LogP contribution in [0.3, 0.4) is 0 Å². The van der Waals surface area contributed by atoms with Gasteiger partial charge in [-0.25, -0.2) is 13.2 Å².